The van der Waals surface area contributed by atoms with Crippen molar-refractivity contribution in [1.82, 2.24) is 5.43 Å². The van der Waals surface area contributed by atoms with Crippen molar-refractivity contribution in [3.63, 3.8) is 0 Å². The predicted molar refractivity (Wildman–Crippen MR) is 35.8 cm³/mol. The number of rotatable bonds is 5. The highest BCUT2D eigenvalue weighted by molar-refractivity contribution is 5.22. The van der Waals surface area contributed by atoms with E-state index < -0.39 is 0 Å². The third kappa shape index (κ3) is 5.43. The van der Waals surface area contributed by atoms with E-state index in [2.05, 4.69) is 17.2 Å². The molecule has 0 aliphatic rings. The number of nitrogens with one attached hydrogen (secondary N) is 1. The fourth-order valence-electron chi connectivity index (χ4n) is 0.427. The first-order valence-corrected chi connectivity index (χ1v) is 2.80. The van der Waals surface area contributed by atoms with Crippen LogP contribution < -0.4 is 11.2 Å². The molecule has 3 N–H and O–H groups in total. The molecule has 0 atom stereocenters. The molecular weight excluding hydrogens is 102 g/mol. The first-order chi connectivity index (χ1) is 3.91. The molecule has 0 aliphatic heterocycles. The second-order valence-corrected chi connectivity index (χ2v) is 1.56. The third-order valence-electron chi connectivity index (χ3n) is 0.855. The van der Waals surface area contributed by atoms with Gasteiger partial charge < -0.3 is 11.2 Å². The Hall–Kier alpha value is -0.570. The summed E-state index contributed by atoms with van der Waals surface area (Å²) in [4.78, 5) is 0. The topological polar surface area (TPSA) is 50.4 Å². The third-order valence-corrected chi connectivity index (χ3v) is 0.855. The average Bonchev–Trinajstić information content (AvgIpc) is 1.81. The first-order valence-electron chi connectivity index (χ1n) is 2.80. The molecule has 0 unspecified atom stereocenters. The van der Waals surface area contributed by atoms with Crippen LogP contribution in [0.3, 0.4) is 0 Å². The summed E-state index contributed by atoms with van der Waals surface area (Å²) in [7, 11) is 0. The van der Waals surface area contributed by atoms with E-state index in [1.807, 2.05) is 0 Å². The smallest absolute Gasteiger partial charge is 0.0329 e. The van der Waals surface area contributed by atoms with Gasteiger partial charge in [-0.2, -0.15) is 5.10 Å². The van der Waals surface area contributed by atoms with Crippen molar-refractivity contribution >= 4 is 6.72 Å². The molecule has 0 heterocycles. The van der Waals surface area contributed by atoms with Crippen LogP contribution in [0.15, 0.2) is 5.10 Å². The minimum absolute atomic E-state index is 0.763. The molecule has 48 valence electrons. The van der Waals surface area contributed by atoms with Crippen LogP contribution in [0.4, 0.5) is 0 Å². The molecule has 8 heavy (non-hydrogen) atoms. The summed E-state index contributed by atoms with van der Waals surface area (Å²) in [6, 6.07) is 0. The van der Waals surface area contributed by atoms with Gasteiger partial charge in [0.1, 0.15) is 0 Å². The average molecular weight is 115 g/mol. The molecule has 0 saturated heterocycles. The maximum Gasteiger partial charge on any atom is 0.0329 e. The van der Waals surface area contributed by atoms with Gasteiger partial charge in [0, 0.05) is 13.3 Å². The quantitative estimate of drug-likeness (QED) is 0.299. The zero-order valence-corrected chi connectivity index (χ0v) is 5.06. The van der Waals surface area contributed by atoms with Crippen LogP contribution in [0, 0.1) is 0 Å². The van der Waals surface area contributed by atoms with Gasteiger partial charge in [-0.3, -0.25) is 0 Å². The Morgan fingerprint density at radius 3 is 2.75 bits per heavy atom. The largest absolute Gasteiger partial charge is 0.330 e. The molecule has 3 nitrogen and oxygen atoms in total. The molecule has 0 aliphatic carbocycles. The van der Waals surface area contributed by atoms with Crippen LogP contribution in [0.2, 0.25) is 0 Å². The molecule has 0 radical (unpaired) electrons. The van der Waals surface area contributed by atoms with Crippen LogP contribution in [0.25, 0.3) is 0 Å². The summed E-state index contributed by atoms with van der Waals surface area (Å²) >= 11 is 0. The van der Waals surface area contributed by atoms with Gasteiger partial charge in [0.25, 0.3) is 0 Å². The SMILES string of the molecule is C=NNCCCCN. The Kier molecular flexibility index (Phi) is 5.97. The van der Waals surface area contributed by atoms with Gasteiger partial charge in [0.15, 0.2) is 0 Å². The highest BCUT2D eigenvalue weighted by atomic mass is 15.3. The molecule has 0 rings (SSSR count). The second kappa shape index (κ2) is 6.43. The Bertz CT molecular complexity index is 53.6. The second-order valence-electron chi connectivity index (χ2n) is 1.56. The van der Waals surface area contributed by atoms with Crippen LogP contribution in [-0.2, 0) is 0 Å². The Labute approximate surface area is 50.0 Å². The molecule has 0 fully saturated rings. The molecule has 3 heteroatoms. The number of nitrogens with zero attached hydrogens (tertiary/aromatic N) is 1. The molecule has 0 aromatic carbocycles. The summed E-state index contributed by atoms with van der Waals surface area (Å²) in [6.07, 6.45) is 2.14. The number of unbranched alkanes of at least 4 members (excludes halogenated alkanes) is 1. The van der Waals surface area contributed by atoms with E-state index >= 15 is 0 Å². The number of nitrogens with two attached hydrogens (primary N) is 1. The first kappa shape index (κ1) is 7.43. The molecule has 0 saturated carbocycles. The van der Waals surface area contributed by atoms with Crippen LogP contribution in [0.1, 0.15) is 12.8 Å². The number of hydrazone groups is 1. The molecule has 0 aromatic heterocycles. The van der Waals surface area contributed by atoms with E-state index in [-0.39, 0.29) is 0 Å². The van der Waals surface area contributed by atoms with Gasteiger partial charge in [-0.1, -0.05) is 0 Å². The van der Waals surface area contributed by atoms with E-state index in [9.17, 15) is 0 Å². The monoisotopic (exact) mass is 115 g/mol. The fraction of sp³-hybridized carbons (Fsp3) is 0.800. The molecular formula is C5H13N3. The predicted octanol–water partition coefficient (Wildman–Crippen LogP) is -0.0695. The number of hydrogen-bond acceptors (Lipinski definition) is 3. The van der Waals surface area contributed by atoms with Crippen molar-refractivity contribution in [3.05, 3.63) is 0 Å². The fourth-order valence-corrected chi connectivity index (χ4v) is 0.427. The van der Waals surface area contributed by atoms with E-state index in [4.69, 9.17) is 5.73 Å². The minimum atomic E-state index is 0.763. The number of hydrogen-bond donors (Lipinski definition) is 2. The lowest BCUT2D eigenvalue weighted by Gasteiger charge is -1.95. The maximum atomic E-state index is 5.24. The summed E-state index contributed by atoms with van der Waals surface area (Å²) in [5.41, 5.74) is 7.98. The highest BCUT2D eigenvalue weighted by Gasteiger charge is 1.80. The van der Waals surface area contributed by atoms with Crippen molar-refractivity contribution in [3.8, 4) is 0 Å². The summed E-state index contributed by atoms with van der Waals surface area (Å²) in [5, 5.41) is 3.47. The Morgan fingerprint density at radius 2 is 2.25 bits per heavy atom. The van der Waals surface area contributed by atoms with Gasteiger partial charge in [0.05, 0.1) is 0 Å². The molecule has 0 bridgehead atoms. The van der Waals surface area contributed by atoms with Gasteiger partial charge in [-0.05, 0) is 19.4 Å². The zero-order valence-electron chi connectivity index (χ0n) is 5.06. The van der Waals surface area contributed by atoms with Crippen LogP contribution >= 0.6 is 0 Å². The van der Waals surface area contributed by atoms with E-state index in [0.717, 1.165) is 25.9 Å². The van der Waals surface area contributed by atoms with Crippen molar-refractivity contribution < 1.29 is 0 Å². The summed E-state index contributed by atoms with van der Waals surface area (Å²) < 4.78 is 0. The molecule has 0 amide bonds. The Morgan fingerprint density at radius 1 is 1.50 bits per heavy atom. The highest BCUT2D eigenvalue weighted by Crippen LogP contribution is 1.80. The van der Waals surface area contributed by atoms with Crippen molar-refractivity contribution in [2.45, 2.75) is 12.8 Å². The van der Waals surface area contributed by atoms with Crippen LogP contribution in [0.5, 0.6) is 0 Å². The van der Waals surface area contributed by atoms with Gasteiger partial charge in [-0.25, -0.2) is 0 Å². The summed E-state index contributed by atoms with van der Waals surface area (Å²) in [6.45, 7) is 4.92. The van der Waals surface area contributed by atoms with E-state index in [1.165, 1.54) is 0 Å². The van der Waals surface area contributed by atoms with Crippen molar-refractivity contribution in [2.75, 3.05) is 13.1 Å². The van der Waals surface area contributed by atoms with Gasteiger partial charge in [-0.15, -0.1) is 0 Å². The lowest BCUT2D eigenvalue weighted by molar-refractivity contribution is 0.656. The zero-order chi connectivity index (χ0) is 6.24. The van der Waals surface area contributed by atoms with Crippen molar-refractivity contribution in [2.24, 2.45) is 10.8 Å². The molecule has 0 spiro atoms. The van der Waals surface area contributed by atoms with Crippen molar-refractivity contribution in [1.29, 1.82) is 0 Å². The van der Waals surface area contributed by atoms with Gasteiger partial charge >= 0.3 is 0 Å². The van der Waals surface area contributed by atoms with Gasteiger partial charge in [0.2, 0.25) is 0 Å². The van der Waals surface area contributed by atoms with Crippen LogP contribution in [-0.4, -0.2) is 19.8 Å². The Balaban J connectivity index is 2.62. The normalized spacial score (nSPS) is 8.62. The standard InChI is InChI=1S/C5H13N3/c1-7-8-5-3-2-4-6/h8H,1-6H2. The summed E-state index contributed by atoms with van der Waals surface area (Å²) in [5.74, 6) is 0. The van der Waals surface area contributed by atoms with E-state index in [1.54, 1.807) is 0 Å². The maximum absolute atomic E-state index is 5.24. The lowest BCUT2D eigenvalue weighted by atomic mass is 10.3. The lowest BCUT2D eigenvalue weighted by Crippen LogP contribution is -2.08. The van der Waals surface area contributed by atoms with E-state index in [0.29, 0.717) is 0 Å². The molecule has 0 aromatic rings. The minimum Gasteiger partial charge on any atom is -0.330 e.